The zero-order chi connectivity index (χ0) is 21.3. The minimum absolute atomic E-state index is 0.217. The van der Waals surface area contributed by atoms with Crippen LogP contribution in [0.15, 0.2) is 53.4 Å². The summed E-state index contributed by atoms with van der Waals surface area (Å²) in [6.45, 7) is 4.99. The van der Waals surface area contributed by atoms with E-state index in [1.807, 2.05) is 25.1 Å². The SMILES string of the molecule is COCCCN1C(=O)S/C(=C/c2cc(C)n(-c3ccc4ccccc4c3)c2C)C1=O. The van der Waals surface area contributed by atoms with E-state index in [1.54, 1.807) is 7.11 Å². The highest BCUT2D eigenvalue weighted by Crippen LogP contribution is 2.34. The molecule has 2 aromatic carbocycles. The number of aryl methyl sites for hydroxylation is 1. The fourth-order valence-electron chi connectivity index (χ4n) is 3.85. The Labute approximate surface area is 180 Å². The molecule has 0 unspecified atom stereocenters. The molecule has 3 aromatic rings. The number of carbonyl (C=O) groups excluding carboxylic acids is 2. The molecule has 1 fully saturated rings. The van der Waals surface area contributed by atoms with Crippen LogP contribution in [0.25, 0.3) is 22.5 Å². The predicted octanol–water partition coefficient (Wildman–Crippen LogP) is 5.32. The van der Waals surface area contributed by atoms with Crippen molar-refractivity contribution in [2.24, 2.45) is 0 Å². The van der Waals surface area contributed by atoms with Crippen molar-refractivity contribution in [3.63, 3.8) is 0 Å². The number of hydrogen-bond donors (Lipinski definition) is 0. The van der Waals surface area contributed by atoms with E-state index >= 15 is 0 Å². The van der Waals surface area contributed by atoms with Crippen molar-refractivity contribution in [1.82, 2.24) is 9.47 Å². The van der Waals surface area contributed by atoms with Crippen molar-refractivity contribution in [3.8, 4) is 5.69 Å². The summed E-state index contributed by atoms with van der Waals surface area (Å²) in [5.74, 6) is -0.225. The van der Waals surface area contributed by atoms with Gasteiger partial charge in [-0.1, -0.05) is 30.3 Å². The number of imide groups is 1. The lowest BCUT2D eigenvalue weighted by Crippen LogP contribution is -2.29. The van der Waals surface area contributed by atoms with Crippen LogP contribution >= 0.6 is 11.8 Å². The average Bonchev–Trinajstić information content (AvgIpc) is 3.17. The van der Waals surface area contributed by atoms with Gasteiger partial charge in [-0.05, 0) is 72.6 Å². The topological polar surface area (TPSA) is 51.5 Å². The smallest absolute Gasteiger partial charge is 0.293 e. The predicted molar refractivity (Wildman–Crippen MR) is 122 cm³/mol. The molecule has 1 aliphatic rings. The largest absolute Gasteiger partial charge is 0.385 e. The lowest BCUT2D eigenvalue weighted by molar-refractivity contribution is -0.122. The number of hydrogen-bond acceptors (Lipinski definition) is 4. The third kappa shape index (κ3) is 3.80. The molecular weight excluding hydrogens is 396 g/mol. The summed E-state index contributed by atoms with van der Waals surface area (Å²) >= 11 is 1.00. The maximum absolute atomic E-state index is 12.7. The highest BCUT2D eigenvalue weighted by atomic mass is 32.2. The third-order valence-electron chi connectivity index (χ3n) is 5.35. The van der Waals surface area contributed by atoms with E-state index in [2.05, 4.69) is 47.9 Å². The maximum atomic E-state index is 12.7. The first-order chi connectivity index (χ1) is 14.5. The van der Waals surface area contributed by atoms with Gasteiger partial charge in [0.2, 0.25) is 0 Å². The van der Waals surface area contributed by atoms with Gasteiger partial charge in [-0.25, -0.2) is 0 Å². The molecule has 0 spiro atoms. The lowest BCUT2D eigenvalue weighted by Gasteiger charge is -2.11. The summed E-state index contributed by atoms with van der Waals surface area (Å²) in [6.07, 6.45) is 2.47. The Morgan fingerprint density at radius 3 is 2.57 bits per heavy atom. The van der Waals surface area contributed by atoms with Crippen LogP contribution in [-0.2, 0) is 9.53 Å². The Morgan fingerprint density at radius 2 is 1.80 bits per heavy atom. The second-order valence-electron chi connectivity index (χ2n) is 7.37. The van der Waals surface area contributed by atoms with Crippen molar-refractivity contribution in [2.45, 2.75) is 20.3 Å². The molecule has 154 valence electrons. The lowest BCUT2D eigenvalue weighted by atomic mass is 10.1. The molecule has 5 nitrogen and oxygen atoms in total. The first kappa shape index (κ1) is 20.4. The van der Waals surface area contributed by atoms with E-state index in [0.717, 1.165) is 34.4 Å². The first-order valence-corrected chi connectivity index (χ1v) is 10.7. The number of thioether (sulfide) groups is 1. The molecule has 0 atom stereocenters. The molecule has 2 amide bonds. The quantitative estimate of drug-likeness (QED) is 0.400. The Hall–Kier alpha value is -2.83. The fourth-order valence-corrected chi connectivity index (χ4v) is 4.70. The van der Waals surface area contributed by atoms with Gasteiger partial charge in [0.15, 0.2) is 0 Å². The van der Waals surface area contributed by atoms with Gasteiger partial charge in [-0.3, -0.25) is 14.5 Å². The van der Waals surface area contributed by atoms with Crippen LogP contribution in [-0.4, -0.2) is 40.9 Å². The summed E-state index contributed by atoms with van der Waals surface area (Å²) in [5, 5.41) is 2.16. The summed E-state index contributed by atoms with van der Waals surface area (Å²) in [7, 11) is 1.61. The van der Waals surface area contributed by atoms with Crippen molar-refractivity contribution in [2.75, 3.05) is 20.3 Å². The number of amides is 2. The van der Waals surface area contributed by atoms with Crippen molar-refractivity contribution in [3.05, 3.63) is 70.4 Å². The summed E-state index contributed by atoms with van der Waals surface area (Å²) < 4.78 is 7.20. The Bertz CT molecular complexity index is 1160. The van der Waals surface area contributed by atoms with Gasteiger partial charge in [0, 0.05) is 37.3 Å². The van der Waals surface area contributed by atoms with Gasteiger partial charge in [-0.2, -0.15) is 0 Å². The van der Waals surface area contributed by atoms with E-state index in [0.29, 0.717) is 24.5 Å². The van der Waals surface area contributed by atoms with E-state index in [-0.39, 0.29) is 11.1 Å². The molecular formula is C24H24N2O3S. The molecule has 30 heavy (non-hydrogen) atoms. The van der Waals surface area contributed by atoms with E-state index in [4.69, 9.17) is 4.74 Å². The number of nitrogens with zero attached hydrogens (tertiary/aromatic N) is 2. The molecule has 0 bridgehead atoms. The molecule has 2 heterocycles. The van der Waals surface area contributed by atoms with Crippen molar-refractivity contribution < 1.29 is 14.3 Å². The summed E-state index contributed by atoms with van der Waals surface area (Å²) in [4.78, 5) is 26.7. The monoisotopic (exact) mass is 420 g/mol. The standard InChI is InChI=1S/C24H24N2O3S/c1-16-13-20(15-22-23(27)25(24(28)30-22)11-6-12-29-3)17(2)26(16)21-10-9-18-7-4-5-8-19(18)14-21/h4-5,7-10,13-15H,6,11-12H2,1-3H3/b22-15+. The number of benzene rings is 2. The normalized spacial score (nSPS) is 15.7. The number of carbonyl (C=O) groups is 2. The molecule has 1 aromatic heterocycles. The number of methoxy groups -OCH3 is 1. The van der Waals surface area contributed by atoms with Crippen LogP contribution in [0.1, 0.15) is 23.4 Å². The number of rotatable bonds is 6. The Morgan fingerprint density at radius 1 is 1.03 bits per heavy atom. The molecule has 0 aliphatic carbocycles. The van der Waals surface area contributed by atoms with Gasteiger partial charge in [0.1, 0.15) is 0 Å². The van der Waals surface area contributed by atoms with Crippen LogP contribution in [0, 0.1) is 13.8 Å². The highest BCUT2D eigenvalue weighted by molar-refractivity contribution is 8.18. The first-order valence-electron chi connectivity index (χ1n) is 9.92. The van der Waals surface area contributed by atoms with E-state index < -0.39 is 0 Å². The van der Waals surface area contributed by atoms with Crippen LogP contribution in [0.4, 0.5) is 4.79 Å². The minimum Gasteiger partial charge on any atom is -0.385 e. The Balaban J connectivity index is 1.65. The molecule has 4 rings (SSSR count). The van der Waals surface area contributed by atoms with Crippen molar-refractivity contribution >= 4 is 39.8 Å². The van der Waals surface area contributed by atoms with Gasteiger partial charge in [-0.15, -0.1) is 0 Å². The second-order valence-corrected chi connectivity index (χ2v) is 8.37. The van der Waals surface area contributed by atoms with Crippen LogP contribution in [0.2, 0.25) is 0 Å². The van der Waals surface area contributed by atoms with Crippen LogP contribution in [0.3, 0.4) is 0 Å². The number of ether oxygens (including phenoxy) is 1. The molecule has 0 saturated carbocycles. The van der Waals surface area contributed by atoms with Crippen molar-refractivity contribution in [1.29, 1.82) is 0 Å². The van der Waals surface area contributed by atoms with Gasteiger partial charge in [0.05, 0.1) is 4.91 Å². The Kier molecular flexibility index (Phi) is 5.79. The molecule has 0 radical (unpaired) electrons. The highest BCUT2D eigenvalue weighted by Gasteiger charge is 2.34. The van der Waals surface area contributed by atoms with Gasteiger partial charge >= 0.3 is 0 Å². The second kappa shape index (κ2) is 8.50. The summed E-state index contributed by atoms with van der Waals surface area (Å²) in [5.41, 5.74) is 4.14. The third-order valence-corrected chi connectivity index (χ3v) is 6.26. The fraction of sp³-hybridized carbons (Fsp3) is 0.250. The van der Waals surface area contributed by atoms with E-state index in [1.165, 1.54) is 15.7 Å². The number of aromatic nitrogens is 1. The summed E-state index contributed by atoms with van der Waals surface area (Å²) in [6, 6.07) is 16.7. The molecule has 1 saturated heterocycles. The minimum atomic E-state index is -0.225. The van der Waals surface area contributed by atoms with Gasteiger partial charge in [0.25, 0.3) is 11.1 Å². The zero-order valence-corrected chi connectivity index (χ0v) is 18.2. The van der Waals surface area contributed by atoms with Crippen LogP contribution < -0.4 is 0 Å². The van der Waals surface area contributed by atoms with E-state index in [9.17, 15) is 9.59 Å². The average molecular weight is 421 g/mol. The van der Waals surface area contributed by atoms with Gasteiger partial charge < -0.3 is 9.30 Å². The molecule has 6 heteroatoms. The molecule has 0 N–H and O–H groups in total. The number of fused-ring (bicyclic) bond motifs is 1. The van der Waals surface area contributed by atoms with Crippen LogP contribution in [0.5, 0.6) is 0 Å². The maximum Gasteiger partial charge on any atom is 0.293 e. The molecule has 1 aliphatic heterocycles. The zero-order valence-electron chi connectivity index (χ0n) is 17.3.